The van der Waals surface area contributed by atoms with Crippen molar-refractivity contribution in [3.8, 4) is 5.69 Å². The molecular weight excluding hydrogens is 502 g/mol. The summed E-state index contributed by atoms with van der Waals surface area (Å²) in [4.78, 5) is 19.7. The van der Waals surface area contributed by atoms with Crippen LogP contribution in [-0.4, -0.2) is 88.4 Å². The second-order valence-electron chi connectivity index (χ2n) is 10.2. The molecule has 1 N–H and O–H groups in total. The number of benzene rings is 1. The van der Waals surface area contributed by atoms with Crippen molar-refractivity contribution in [2.75, 3.05) is 56.7 Å². The summed E-state index contributed by atoms with van der Waals surface area (Å²) < 4.78 is 35.7. The highest BCUT2D eigenvalue weighted by atomic mass is 19.2. The van der Waals surface area contributed by atoms with Gasteiger partial charge in [-0.15, -0.1) is 0 Å². The molecule has 2 aliphatic rings. The number of anilines is 3. The number of aromatic nitrogens is 4. The molecule has 0 bridgehead atoms. The first-order valence-corrected chi connectivity index (χ1v) is 13.2. The summed E-state index contributed by atoms with van der Waals surface area (Å²) in [5, 5.41) is 4.14. The van der Waals surface area contributed by atoms with E-state index in [2.05, 4.69) is 32.1 Å². The monoisotopic (exact) mass is 534 g/mol. The zero-order chi connectivity index (χ0) is 26.9. The van der Waals surface area contributed by atoms with Gasteiger partial charge in [0.15, 0.2) is 12.6 Å². The summed E-state index contributed by atoms with van der Waals surface area (Å²) in [5.74, 6) is 0.458. The second kappa shape index (κ2) is 10.8. The van der Waals surface area contributed by atoms with Crippen LogP contribution < -0.4 is 10.2 Å². The molecule has 0 amide bonds. The zero-order valence-electron chi connectivity index (χ0n) is 22.1. The van der Waals surface area contributed by atoms with Crippen LogP contribution in [0.4, 0.5) is 26.1 Å². The Morgan fingerprint density at radius 2 is 1.77 bits per heavy atom. The molecule has 0 spiro atoms. The number of pyridine rings is 1. The van der Waals surface area contributed by atoms with Crippen LogP contribution in [0.1, 0.15) is 11.3 Å². The number of ether oxygens (including phenoxy) is 1. The first-order chi connectivity index (χ1) is 18.9. The normalized spacial score (nSPS) is 21.0. The van der Waals surface area contributed by atoms with E-state index < -0.39 is 12.6 Å². The van der Waals surface area contributed by atoms with Gasteiger partial charge < -0.3 is 24.4 Å². The fourth-order valence-corrected chi connectivity index (χ4v) is 5.12. The van der Waals surface area contributed by atoms with Crippen LogP contribution in [0.25, 0.3) is 16.7 Å². The van der Waals surface area contributed by atoms with Gasteiger partial charge in [-0.1, -0.05) is 0 Å². The van der Waals surface area contributed by atoms with Crippen LogP contribution >= 0.6 is 0 Å². The molecule has 3 aromatic heterocycles. The van der Waals surface area contributed by atoms with E-state index in [1.165, 1.54) is 0 Å². The second-order valence-corrected chi connectivity index (χ2v) is 10.2. The molecule has 4 aromatic rings. The highest BCUT2D eigenvalue weighted by Crippen LogP contribution is 2.30. The van der Waals surface area contributed by atoms with Gasteiger partial charge in [0, 0.05) is 56.2 Å². The van der Waals surface area contributed by atoms with E-state index in [1.807, 2.05) is 48.1 Å². The molecule has 2 saturated heterocycles. The maximum Gasteiger partial charge on any atom is 0.229 e. The zero-order valence-corrected chi connectivity index (χ0v) is 22.1. The number of hydrogen-bond acceptors (Lipinski definition) is 8. The molecule has 5 heterocycles. The van der Waals surface area contributed by atoms with Crippen molar-refractivity contribution in [3.05, 3.63) is 66.2 Å². The number of nitrogens with one attached hydrogen (secondary N) is 1. The van der Waals surface area contributed by atoms with Gasteiger partial charge >= 0.3 is 0 Å². The van der Waals surface area contributed by atoms with E-state index in [0.29, 0.717) is 11.6 Å². The quantitative estimate of drug-likeness (QED) is 0.372. The topological polar surface area (TPSA) is 74.6 Å². The molecular formula is C28H32F2N8O. The van der Waals surface area contributed by atoms with Crippen molar-refractivity contribution in [2.24, 2.45) is 0 Å². The van der Waals surface area contributed by atoms with Crippen LogP contribution in [0.5, 0.6) is 0 Å². The van der Waals surface area contributed by atoms with Crippen molar-refractivity contribution >= 4 is 28.4 Å². The third-order valence-corrected chi connectivity index (χ3v) is 7.34. The Morgan fingerprint density at radius 1 is 0.974 bits per heavy atom. The summed E-state index contributed by atoms with van der Waals surface area (Å²) in [6.45, 7) is 6.72. The number of rotatable bonds is 6. The molecule has 2 atom stereocenters. The summed E-state index contributed by atoms with van der Waals surface area (Å²) >= 11 is 0. The van der Waals surface area contributed by atoms with E-state index in [-0.39, 0.29) is 13.2 Å². The molecule has 0 aliphatic carbocycles. The standard InChI is InChI=1S/C28H32F2N8O/c1-19-13-23(38-25(29)17-39-18-26(38)30)5-6-24(19)37-8-7-20-14-32-28(34-27(20)37)33-21-3-4-22(31-15-21)16-36-11-9-35(2)10-12-36/h3-8,13-15,25-26H,9-12,16-18H2,1-2H3,(H,32,33,34). The van der Waals surface area contributed by atoms with Gasteiger partial charge in [0.05, 0.1) is 36.5 Å². The number of alkyl halides is 2. The van der Waals surface area contributed by atoms with Gasteiger partial charge in [-0.3, -0.25) is 9.88 Å². The number of nitrogens with zero attached hydrogens (tertiary/aromatic N) is 7. The van der Waals surface area contributed by atoms with Crippen LogP contribution in [0.3, 0.4) is 0 Å². The van der Waals surface area contributed by atoms with E-state index >= 15 is 0 Å². The van der Waals surface area contributed by atoms with Gasteiger partial charge in [-0.2, -0.15) is 4.98 Å². The number of aryl methyl sites for hydroxylation is 1. The van der Waals surface area contributed by atoms with Gasteiger partial charge in [0.25, 0.3) is 0 Å². The summed E-state index contributed by atoms with van der Waals surface area (Å²) in [6, 6.07) is 11.4. The Morgan fingerprint density at radius 3 is 2.49 bits per heavy atom. The Balaban J connectivity index is 1.19. The molecule has 0 saturated carbocycles. The molecule has 2 aliphatic heterocycles. The summed E-state index contributed by atoms with van der Waals surface area (Å²) in [5.41, 5.74) is 4.78. The van der Waals surface area contributed by atoms with Crippen LogP contribution in [-0.2, 0) is 11.3 Å². The molecule has 11 heteroatoms. The number of fused-ring (bicyclic) bond motifs is 1. The number of piperazine rings is 1. The molecule has 6 rings (SSSR count). The molecule has 1 aromatic carbocycles. The number of halogens is 2. The van der Waals surface area contributed by atoms with Gasteiger partial charge in [-0.25, -0.2) is 13.8 Å². The predicted molar refractivity (Wildman–Crippen MR) is 147 cm³/mol. The van der Waals surface area contributed by atoms with Gasteiger partial charge in [-0.05, 0) is 55.9 Å². The number of hydrogen-bond donors (Lipinski definition) is 1. The minimum atomic E-state index is -1.52. The SMILES string of the molecule is Cc1cc(N2C(F)COCC2F)ccc1-n1ccc2cnc(Nc3ccc(CN4CCN(C)CC4)nc3)nc21. The molecule has 9 nitrogen and oxygen atoms in total. The Kier molecular flexibility index (Phi) is 7.11. The molecule has 0 radical (unpaired) electrons. The van der Waals surface area contributed by atoms with Crippen LogP contribution in [0.15, 0.2) is 55.0 Å². The Hall–Kier alpha value is -3.67. The van der Waals surface area contributed by atoms with Crippen LogP contribution in [0, 0.1) is 6.92 Å². The summed E-state index contributed by atoms with van der Waals surface area (Å²) in [6.07, 6.45) is 2.45. The lowest BCUT2D eigenvalue weighted by Crippen LogP contribution is -2.48. The average Bonchev–Trinajstić information content (AvgIpc) is 3.34. The smallest absolute Gasteiger partial charge is 0.229 e. The highest BCUT2D eigenvalue weighted by Gasteiger charge is 2.31. The highest BCUT2D eigenvalue weighted by molar-refractivity contribution is 5.79. The summed E-state index contributed by atoms with van der Waals surface area (Å²) in [7, 11) is 2.15. The van der Waals surface area contributed by atoms with Crippen molar-refractivity contribution in [1.29, 1.82) is 0 Å². The molecule has 2 unspecified atom stereocenters. The van der Waals surface area contributed by atoms with Crippen LogP contribution in [0.2, 0.25) is 0 Å². The minimum Gasteiger partial charge on any atom is -0.371 e. The largest absolute Gasteiger partial charge is 0.371 e. The molecule has 204 valence electrons. The fourth-order valence-electron chi connectivity index (χ4n) is 5.12. The third-order valence-electron chi connectivity index (χ3n) is 7.34. The van der Waals surface area contributed by atoms with Crippen molar-refractivity contribution in [2.45, 2.75) is 26.1 Å². The maximum absolute atomic E-state index is 14.4. The van der Waals surface area contributed by atoms with E-state index in [1.54, 1.807) is 18.3 Å². The predicted octanol–water partition coefficient (Wildman–Crippen LogP) is 4.04. The van der Waals surface area contributed by atoms with Crippen molar-refractivity contribution in [1.82, 2.24) is 29.3 Å². The van der Waals surface area contributed by atoms with Gasteiger partial charge in [0.1, 0.15) is 5.65 Å². The Labute approximate surface area is 226 Å². The number of likely N-dealkylation sites (N-methyl/N-ethyl adjacent to an activating group) is 1. The van der Waals surface area contributed by atoms with Crippen molar-refractivity contribution in [3.63, 3.8) is 0 Å². The lowest BCUT2D eigenvalue weighted by molar-refractivity contribution is -0.00983. The maximum atomic E-state index is 14.4. The lowest BCUT2D eigenvalue weighted by atomic mass is 10.1. The lowest BCUT2D eigenvalue weighted by Gasteiger charge is -2.35. The third kappa shape index (κ3) is 5.42. The van der Waals surface area contributed by atoms with Crippen molar-refractivity contribution < 1.29 is 13.5 Å². The minimum absolute atomic E-state index is 0.148. The fraction of sp³-hybridized carbons (Fsp3) is 0.393. The first kappa shape index (κ1) is 25.6. The van der Waals surface area contributed by atoms with E-state index in [4.69, 9.17) is 9.72 Å². The van der Waals surface area contributed by atoms with Gasteiger partial charge in [0.2, 0.25) is 5.95 Å². The molecule has 2 fully saturated rings. The van der Waals surface area contributed by atoms with E-state index in [0.717, 1.165) is 71.3 Å². The first-order valence-electron chi connectivity index (χ1n) is 13.2. The average molecular weight is 535 g/mol. The molecule has 39 heavy (non-hydrogen) atoms. The van der Waals surface area contributed by atoms with E-state index in [9.17, 15) is 8.78 Å². The Bertz CT molecular complexity index is 1430. The number of morpholine rings is 1.